The number of fused-ring (bicyclic) bond motifs is 2. The van der Waals surface area contributed by atoms with Crippen molar-refractivity contribution in [1.29, 1.82) is 0 Å². The molecule has 4 heteroatoms. The lowest BCUT2D eigenvalue weighted by Crippen LogP contribution is -2.28. The number of aliphatic imine (C=N–C) groups is 1. The lowest BCUT2D eigenvalue weighted by molar-refractivity contribution is 0.258. The van der Waals surface area contributed by atoms with Crippen LogP contribution in [0.25, 0.3) is 11.1 Å². The van der Waals surface area contributed by atoms with Gasteiger partial charge in [-0.15, -0.1) is 0 Å². The summed E-state index contributed by atoms with van der Waals surface area (Å²) in [6, 6.07) is 16.4. The highest BCUT2D eigenvalue weighted by molar-refractivity contribution is 6.30. The minimum atomic E-state index is 0.303. The fraction of sp³-hybridized carbons (Fsp3) is 0.182. The Labute approximate surface area is 157 Å². The molecule has 3 aromatic rings. The fourth-order valence-corrected chi connectivity index (χ4v) is 3.94. The Morgan fingerprint density at radius 2 is 1.81 bits per heavy atom. The van der Waals surface area contributed by atoms with Gasteiger partial charge in [0.25, 0.3) is 0 Å². The van der Waals surface area contributed by atoms with Gasteiger partial charge in [-0.2, -0.15) is 0 Å². The van der Waals surface area contributed by atoms with Gasteiger partial charge in [0, 0.05) is 35.5 Å². The van der Waals surface area contributed by atoms with Crippen molar-refractivity contribution in [3.05, 3.63) is 77.1 Å². The lowest BCUT2D eigenvalue weighted by atomic mass is 9.90. The van der Waals surface area contributed by atoms with Gasteiger partial charge >= 0.3 is 0 Å². The van der Waals surface area contributed by atoms with Gasteiger partial charge in [-0.05, 0) is 65.1 Å². The monoisotopic (exact) mass is 360 g/mol. The molecule has 0 saturated carbocycles. The van der Waals surface area contributed by atoms with Crippen molar-refractivity contribution in [3.8, 4) is 16.9 Å². The summed E-state index contributed by atoms with van der Waals surface area (Å²) in [5.74, 6) is 1.25. The first-order chi connectivity index (χ1) is 12.8. The number of rotatable bonds is 2. The highest BCUT2D eigenvalue weighted by atomic mass is 35.5. The maximum atomic E-state index is 6.14. The quantitative estimate of drug-likeness (QED) is 0.623. The Hall–Kier alpha value is -2.65. The highest BCUT2D eigenvalue weighted by Gasteiger charge is 2.28. The van der Waals surface area contributed by atoms with Crippen LogP contribution in [0.5, 0.6) is 5.75 Å². The molecule has 2 aromatic carbocycles. The minimum absolute atomic E-state index is 0.303. The predicted octanol–water partition coefficient (Wildman–Crippen LogP) is 5.28. The molecular formula is C22H17ClN2O. The largest absolute Gasteiger partial charge is 0.493 e. The SMILES string of the molecule is Clc1ccc2c(c1)CC(C1=Nc3cc(-c4ccncc4)ccc3C1)CO2. The molecule has 2 aliphatic rings. The van der Waals surface area contributed by atoms with Gasteiger partial charge < -0.3 is 4.74 Å². The van der Waals surface area contributed by atoms with Crippen LogP contribution in [0, 0.1) is 5.92 Å². The number of ether oxygens (including phenoxy) is 1. The number of hydrogen-bond acceptors (Lipinski definition) is 3. The van der Waals surface area contributed by atoms with Crippen molar-refractivity contribution in [2.45, 2.75) is 12.8 Å². The maximum Gasteiger partial charge on any atom is 0.122 e. The molecule has 1 aromatic heterocycles. The van der Waals surface area contributed by atoms with E-state index in [1.54, 1.807) is 0 Å². The molecule has 0 spiro atoms. The first kappa shape index (κ1) is 15.6. The zero-order valence-electron chi connectivity index (χ0n) is 14.2. The van der Waals surface area contributed by atoms with Crippen LogP contribution in [0.1, 0.15) is 11.1 Å². The molecule has 26 heavy (non-hydrogen) atoms. The van der Waals surface area contributed by atoms with E-state index in [0.29, 0.717) is 12.5 Å². The van der Waals surface area contributed by atoms with Gasteiger partial charge in [-0.3, -0.25) is 9.98 Å². The average molecular weight is 361 g/mol. The molecule has 5 rings (SSSR count). The van der Waals surface area contributed by atoms with Crippen LogP contribution in [-0.4, -0.2) is 17.3 Å². The fourth-order valence-electron chi connectivity index (χ4n) is 3.74. The van der Waals surface area contributed by atoms with E-state index in [2.05, 4.69) is 23.2 Å². The van der Waals surface area contributed by atoms with Crippen molar-refractivity contribution in [1.82, 2.24) is 4.98 Å². The molecule has 0 aliphatic carbocycles. The first-order valence-corrected chi connectivity index (χ1v) is 9.16. The van der Waals surface area contributed by atoms with Gasteiger partial charge in [0.2, 0.25) is 0 Å². The van der Waals surface area contributed by atoms with E-state index in [-0.39, 0.29) is 0 Å². The van der Waals surface area contributed by atoms with Gasteiger partial charge in [0.05, 0.1) is 12.3 Å². The van der Waals surface area contributed by atoms with Crippen LogP contribution in [0.15, 0.2) is 65.9 Å². The normalized spacial score (nSPS) is 17.9. The Kier molecular flexibility index (Phi) is 3.75. The number of pyridine rings is 1. The predicted molar refractivity (Wildman–Crippen MR) is 105 cm³/mol. The number of hydrogen-bond donors (Lipinski definition) is 0. The number of benzene rings is 2. The summed E-state index contributed by atoms with van der Waals surface area (Å²) in [4.78, 5) is 9.04. The second-order valence-corrected chi connectivity index (χ2v) is 7.26. The summed E-state index contributed by atoms with van der Waals surface area (Å²) in [5.41, 5.74) is 7.08. The zero-order valence-corrected chi connectivity index (χ0v) is 14.9. The molecule has 0 radical (unpaired) electrons. The van der Waals surface area contributed by atoms with Crippen LogP contribution in [0.2, 0.25) is 5.02 Å². The summed E-state index contributed by atoms with van der Waals surface area (Å²) in [6.07, 6.45) is 5.47. The molecule has 0 N–H and O–H groups in total. The molecule has 1 atom stereocenters. The molecule has 0 amide bonds. The highest BCUT2D eigenvalue weighted by Crippen LogP contribution is 2.36. The standard InChI is InChI=1S/C22H17ClN2O/c23-19-3-4-22-17(10-19)9-18(13-26-22)21-12-16-2-1-15(11-20(16)25-21)14-5-7-24-8-6-14/h1-8,10-11,18H,9,12-13H2. The Balaban J connectivity index is 1.42. The molecule has 128 valence electrons. The van der Waals surface area contributed by atoms with E-state index < -0.39 is 0 Å². The van der Waals surface area contributed by atoms with Crippen LogP contribution in [0.4, 0.5) is 5.69 Å². The lowest BCUT2D eigenvalue weighted by Gasteiger charge is -2.25. The number of halogens is 1. The van der Waals surface area contributed by atoms with E-state index >= 15 is 0 Å². The van der Waals surface area contributed by atoms with E-state index in [0.717, 1.165) is 34.9 Å². The van der Waals surface area contributed by atoms with Crippen molar-refractivity contribution >= 4 is 23.0 Å². The van der Waals surface area contributed by atoms with Gasteiger partial charge in [-0.1, -0.05) is 23.7 Å². The van der Waals surface area contributed by atoms with Gasteiger partial charge in [0.1, 0.15) is 5.75 Å². The summed E-state index contributed by atoms with van der Waals surface area (Å²) in [5, 5.41) is 0.756. The summed E-state index contributed by atoms with van der Waals surface area (Å²) < 4.78 is 5.95. The molecule has 1 unspecified atom stereocenters. The Morgan fingerprint density at radius 3 is 2.69 bits per heavy atom. The van der Waals surface area contributed by atoms with Crippen LogP contribution in [-0.2, 0) is 12.8 Å². The number of nitrogens with zero attached hydrogens (tertiary/aromatic N) is 2. The maximum absolute atomic E-state index is 6.14. The zero-order chi connectivity index (χ0) is 17.5. The van der Waals surface area contributed by atoms with Crippen molar-refractivity contribution in [3.63, 3.8) is 0 Å². The molecule has 0 saturated heterocycles. The molecule has 2 aliphatic heterocycles. The molecule has 3 heterocycles. The Bertz CT molecular complexity index is 1010. The summed E-state index contributed by atoms with van der Waals surface area (Å²) in [7, 11) is 0. The van der Waals surface area contributed by atoms with E-state index in [1.807, 2.05) is 42.7 Å². The van der Waals surface area contributed by atoms with Crippen LogP contribution in [0.3, 0.4) is 0 Å². The second-order valence-electron chi connectivity index (χ2n) is 6.82. The van der Waals surface area contributed by atoms with Crippen LogP contribution < -0.4 is 4.74 Å². The van der Waals surface area contributed by atoms with E-state index in [4.69, 9.17) is 21.3 Å². The number of aromatic nitrogens is 1. The van der Waals surface area contributed by atoms with E-state index in [9.17, 15) is 0 Å². The summed E-state index contributed by atoms with van der Waals surface area (Å²) in [6.45, 7) is 0.679. The third-order valence-electron chi connectivity index (χ3n) is 5.13. The van der Waals surface area contributed by atoms with Crippen molar-refractivity contribution in [2.24, 2.45) is 10.9 Å². The second kappa shape index (κ2) is 6.26. The van der Waals surface area contributed by atoms with Gasteiger partial charge in [0.15, 0.2) is 0 Å². The third kappa shape index (κ3) is 2.78. The van der Waals surface area contributed by atoms with Crippen LogP contribution >= 0.6 is 11.6 Å². The minimum Gasteiger partial charge on any atom is -0.493 e. The third-order valence-corrected chi connectivity index (χ3v) is 5.37. The Morgan fingerprint density at radius 1 is 0.923 bits per heavy atom. The first-order valence-electron chi connectivity index (χ1n) is 8.78. The molecule has 3 nitrogen and oxygen atoms in total. The molecule has 0 bridgehead atoms. The molecule has 0 fully saturated rings. The summed E-state index contributed by atoms with van der Waals surface area (Å²) >= 11 is 6.14. The van der Waals surface area contributed by atoms with Gasteiger partial charge in [-0.25, -0.2) is 0 Å². The molecular weight excluding hydrogens is 344 g/mol. The topological polar surface area (TPSA) is 34.5 Å². The average Bonchev–Trinajstić information content (AvgIpc) is 3.11. The van der Waals surface area contributed by atoms with E-state index in [1.165, 1.54) is 22.4 Å². The van der Waals surface area contributed by atoms with Crippen molar-refractivity contribution < 1.29 is 4.74 Å². The smallest absolute Gasteiger partial charge is 0.122 e. The van der Waals surface area contributed by atoms with Crippen molar-refractivity contribution in [2.75, 3.05) is 6.61 Å².